The van der Waals surface area contributed by atoms with Crippen molar-refractivity contribution in [1.82, 2.24) is 0 Å². The number of fused-ring (bicyclic) bond motifs is 6. The first-order chi connectivity index (χ1) is 26.6. The van der Waals surface area contributed by atoms with E-state index in [0.29, 0.717) is 30.3 Å². The highest BCUT2D eigenvalue weighted by Crippen LogP contribution is 2.57. The number of unbranched alkanes of at least 4 members (excludes halogenated alkanes) is 14. The Labute approximate surface area is 330 Å². The standard InChI is InChI=1S/C48H62N2O5/c1-46(2,35-49)29-19-13-9-5-7-11-15-21-31-52-37-25-27-41-43(33-37)54-44-34-38(53-32-22-16-12-8-6-10-14-20-30-47(3,4)36-50)26-28-42(44)48(41)40-24-18-17-23-39(40)45(51)55-48/h17-18,23-28,33-34H,5-16,19-22,29-32H2,1-4H3. The van der Waals surface area contributed by atoms with E-state index in [-0.39, 0.29) is 16.8 Å². The summed E-state index contributed by atoms with van der Waals surface area (Å²) in [5.74, 6) is 2.33. The van der Waals surface area contributed by atoms with Gasteiger partial charge in [0.05, 0.1) is 41.7 Å². The summed E-state index contributed by atoms with van der Waals surface area (Å²) in [6, 6.07) is 24.1. The van der Waals surface area contributed by atoms with E-state index < -0.39 is 5.60 Å². The van der Waals surface area contributed by atoms with Crippen LogP contribution in [0.25, 0.3) is 0 Å². The Morgan fingerprint density at radius 1 is 0.564 bits per heavy atom. The van der Waals surface area contributed by atoms with Crippen LogP contribution in [0.3, 0.4) is 0 Å². The van der Waals surface area contributed by atoms with Crippen molar-refractivity contribution in [1.29, 1.82) is 10.5 Å². The molecule has 294 valence electrons. The fourth-order valence-electron chi connectivity index (χ4n) is 7.77. The molecule has 3 aromatic carbocycles. The van der Waals surface area contributed by atoms with Crippen LogP contribution < -0.4 is 14.2 Å². The normalized spacial score (nSPS) is 13.9. The molecule has 2 aliphatic rings. The zero-order chi connectivity index (χ0) is 39.2. The van der Waals surface area contributed by atoms with Gasteiger partial charge in [-0.05, 0) is 83.7 Å². The van der Waals surface area contributed by atoms with Crippen molar-refractivity contribution in [2.24, 2.45) is 10.8 Å². The zero-order valence-electron chi connectivity index (χ0n) is 33.9. The number of nitriles is 2. The lowest BCUT2D eigenvalue weighted by molar-refractivity contribution is 0.0224. The van der Waals surface area contributed by atoms with Crippen LogP contribution in [0.1, 0.15) is 170 Å². The summed E-state index contributed by atoms with van der Waals surface area (Å²) in [6.45, 7) is 9.34. The Morgan fingerprint density at radius 2 is 0.982 bits per heavy atom. The van der Waals surface area contributed by atoms with E-state index in [0.717, 1.165) is 79.6 Å². The fourth-order valence-corrected chi connectivity index (χ4v) is 7.77. The molecule has 0 radical (unpaired) electrons. The Kier molecular flexibility index (Phi) is 15.1. The molecule has 0 atom stereocenters. The number of nitrogens with zero attached hydrogens (tertiary/aromatic N) is 2. The highest BCUT2D eigenvalue weighted by molar-refractivity contribution is 5.97. The minimum atomic E-state index is -1.12. The number of benzene rings is 3. The summed E-state index contributed by atoms with van der Waals surface area (Å²) in [5, 5.41) is 18.4. The molecule has 0 amide bonds. The molecule has 0 aromatic heterocycles. The van der Waals surface area contributed by atoms with E-state index in [4.69, 9.17) is 18.9 Å². The Morgan fingerprint density at radius 3 is 1.44 bits per heavy atom. The van der Waals surface area contributed by atoms with Crippen molar-refractivity contribution in [3.63, 3.8) is 0 Å². The number of carbonyl (C=O) groups is 1. The topological polar surface area (TPSA) is 102 Å². The molecule has 0 aliphatic carbocycles. The molecule has 7 heteroatoms. The molecule has 0 saturated carbocycles. The molecule has 1 spiro atoms. The Balaban J connectivity index is 1.11. The minimum absolute atomic E-state index is 0.205. The third-order valence-electron chi connectivity index (χ3n) is 11.2. The molecule has 0 N–H and O–H groups in total. The van der Waals surface area contributed by atoms with Gasteiger partial charge in [0, 0.05) is 28.8 Å². The van der Waals surface area contributed by atoms with E-state index in [1.165, 1.54) is 64.2 Å². The molecule has 0 bridgehead atoms. The first-order valence-electron chi connectivity index (χ1n) is 21.0. The number of hydrogen-bond donors (Lipinski definition) is 0. The van der Waals surface area contributed by atoms with Gasteiger partial charge in [-0.3, -0.25) is 0 Å². The lowest BCUT2D eigenvalue weighted by Crippen LogP contribution is -2.33. The third-order valence-corrected chi connectivity index (χ3v) is 11.2. The van der Waals surface area contributed by atoms with E-state index in [2.05, 4.69) is 12.1 Å². The van der Waals surface area contributed by atoms with Gasteiger partial charge in [-0.1, -0.05) is 108 Å². The van der Waals surface area contributed by atoms with Crippen molar-refractivity contribution in [2.75, 3.05) is 13.2 Å². The van der Waals surface area contributed by atoms with Gasteiger partial charge in [0.1, 0.15) is 23.0 Å². The molecule has 2 heterocycles. The molecular weight excluding hydrogens is 685 g/mol. The second-order valence-electron chi connectivity index (χ2n) is 16.9. The van der Waals surface area contributed by atoms with E-state index >= 15 is 0 Å². The first-order valence-corrected chi connectivity index (χ1v) is 21.0. The molecule has 3 aromatic rings. The van der Waals surface area contributed by atoms with Crippen molar-refractivity contribution in [3.8, 4) is 35.1 Å². The van der Waals surface area contributed by atoms with Gasteiger partial charge >= 0.3 is 5.97 Å². The molecule has 0 unspecified atom stereocenters. The number of rotatable bonds is 24. The van der Waals surface area contributed by atoms with Gasteiger partial charge in [-0.25, -0.2) is 4.79 Å². The monoisotopic (exact) mass is 746 g/mol. The maximum atomic E-state index is 13.3. The third kappa shape index (κ3) is 11.3. The Hall–Kier alpha value is -4.49. The largest absolute Gasteiger partial charge is 0.493 e. The summed E-state index contributed by atoms with van der Waals surface area (Å²) < 4.78 is 25.3. The second kappa shape index (κ2) is 19.9. The van der Waals surface area contributed by atoms with Crippen molar-refractivity contribution < 1.29 is 23.7 Å². The van der Waals surface area contributed by atoms with Gasteiger partial charge in [-0.15, -0.1) is 0 Å². The summed E-state index contributed by atoms with van der Waals surface area (Å²) in [7, 11) is 0. The maximum Gasteiger partial charge on any atom is 0.340 e. The number of esters is 1. The average Bonchev–Trinajstić information content (AvgIpc) is 3.47. The van der Waals surface area contributed by atoms with Crippen LogP contribution in [0, 0.1) is 33.5 Å². The van der Waals surface area contributed by atoms with Crippen LogP contribution in [0.4, 0.5) is 0 Å². The van der Waals surface area contributed by atoms with Gasteiger partial charge in [0.2, 0.25) is 0 Å². The fraction of sp³-hybridized carbons (Fsp3) is 0.562. The SMILES string of the molecule is CC(C)(C#N)CCCCCCCCCCOc1ccc2c(c1)Oc1cc(OCCCCCCCCCCC(C)(C)C#N)ccc1C21OC(=O)c2ccccc21. The lowest BCUT2D eigenvalue weighted by Gasteiger charge is -2.36. The molecule has 55 heavy (non-hydrogen) atoms. The van der Waals surface area contributed by atoms with Crippen LogP contribution in [-0.2, 0) is 10.3 Å². The maximum absolute atomic E-state index is 13.3. The summed E-state index contributed by atoms with van der Waals surface area (Å²) in [4.78, 5) is 13.3. The van der Waals surface area contributed by atoms with Crippen molar-refractivity contribution in [2.45, 2.75) is 149 Å². The Bertz CT molecular complexity index is 1700. The van der Waals surface area contributed by atoms with Crippen LogP contribution in [-0.4, -0.2) is 19.2 Å². The molecule has 0 fully saturated rings. The van der Waals surface area contributed by atoms with E-state index in [1.54, 1.807) is 0 Å². The van der Waals surface area contributed by atoms with Gasteiger partial charge < -0.3 is 18.9 Å². The predicted octanol–water partition coefficient (Wildman–Crippen LogP) is 13.1. The number of carbonyl (C=O) groups excluding carboxylic acids is 1. The van der Waals surface area contributed by atoms with Gasteiger partial charge in [-0.2, -0.15) is 10.5 Å². The number of ether oxygens (including phenoxy) is 4. The molecule has 5 rings (SSSR count). The highest BCUT2D eigenvalue weighted by atomic mass is 16.6. The van der Waals surface area contributed by atoms with Crippen molar-refractivity contribution >= 4 is 5.97 Å². The van der Waals surface area contributed by atoms with Crippen LogP contribution in [0.15, 0.2) is 60.7 Å². The second-order valence-corrected chi connectivity index (χ2v) is 16.9. The molecule has 7 nitrogen and oxygen atoms in total. The minimum Gasteiger partial charge on any atom is -0.493 e. The van der Waals surface area contributed by atoms with E-state index in [1.807, 2.05) is 88.4 Å². The lowest BCUT2D eigenvalue weighted by atomic mass is 9.77. The highest BCUT2D eigenvalue weighted by Gasteiger charge is 2.53. The summed E-state index contributed by atoms with van der Waals surface area (Å²) >= 11 is 0. The predicted molar refractivity (Wildman–Crippen MR) is 218 cm³/mol. The quantitative estimate of drug-likeness (QED) is 0.0664. The van der Waals surface area contributed by atoms with Crippen LogP contribution >= 0.6 is 0 Å². The molecule has 0 saturated heterocycles. The zero-order valence-corrected chi connectivity index (χ0v) is 33.9. The number of hydrogen-bond acceptors (Lipinski definition) is 7. The summed E-state index contributed by atoms with van der Waals surface area (Å²) in [5.41, 5.74) is 1.40. The van der Waals surface area contributed by atoms with Crippen LogP contribution in [0.5, 0.6) is 23.0 Å². The first kappa shape index (κ1) is 41.7. The van der Waals surface area contributed by atoms with Crippen LogP contribution in [0.2, 0.25) is 0 Å². The molecule has 2 aliphatic heterocycles. The summed E-state index contributed by atoms with van der Waals surface area (Å²) in [6.07, 6.45) is 20.6. The smallest absolute Gasteiger partial charge is 0.340 e. The van der Waals surface area contributed by atoms with E-state index in [9.17, 15) is 15.3 Å². The average molecular weight is 747 g/mol. The van der Waals surface area contributed by atoms with Crippen molar-refractivity contribution in [3.05, 3.63) is 82.9 Å². The van der Waals surface area contributed by atoms with Gasteiger partial charge in [0.25, 0.3) is 0 Å². The molecular formula is C48H62N2O5. The van der Waals surface area contributed by atoms with Gasteiger partial charge in [0.15, 0.2) is 5.60 Å².